The van der Waals surface area contributed by atoms with Crippen molar-refractivity contribution in [3.8, 4) is 67.3 Å². The van der Waals surface area contributed by atoms with Gasteiger partial charge >= 0.3 is 0 Å². The number of benzene rings is 8. The van der Waals surface area contributed by atoms with Gasteiger partial charge in [-0.15, -0.1) is 141 Å². The van der Waals surface area contributed by atoms with E-state index in [9.17, 15) is 19.2 Å². The van der Waals surface area contributed by atoms with Crippen LogP contribution in [0, 0.1) is 78.6 Å². The average Bonchev–Trinajstić information content (AvgIpc) is 0.820. The number of allylic oxidation sites excluding steroid dienone is 8. The van der Waals surface area contributed by atoms with Crippen LogP contribution in [0.4, 0.5) is 0 Å². The molecule has 0 aliphatic heterocycles. The van der Waals surface area contributed by atoms with Crippen LogP contribution in [-0.4, -0.2) is 63.5 Å². The fourth-order valence-corrected chi connectivity index (χ4v) is 10.7. The summed E-state index contributed by atoms with van der Waals surface area (Å²) in [5.74, 6) is 0.411. The molecule has 4 aromatic heterocycles. The summed E-state index contributed by atoms with van der Waals surface area (Å²) in [5.41, 5.74) is 25.2. The summed E-state index contributed by atoms with van der Waals surface area (Å²) < 4.78 is 0. The van der Waals surface area contributed by atoms with E-state index in [1.807, 2.05) is 97.3 Å². The first-order valence-corrected chi connectivity index (χ1v) is 35.1. The molecule has 4 heterocycles. The maximum atomic E-state index is 10.0. The molecular formula is C95H98Ir4N4O8-4. The van der Waals surface area contributed by atoms with Gasteiger partial charge in [-0.3, -0.25) is 29.1 Å². The summed E-state index contributed by atoms with van der Waals surface area (Å²) in [5, 5.41) is 35.8. The van der Waals surface area contributed by atoms with E-state index >= 15 is 0 Å². The van der Waals surface area contributed by atoms with E-state index in [1.165, 1.54) is 152 Å². The van der Waals surface area contributed by atoms with Crippen molar-refractivity contribution in [1.82, 2.24) is 19.9 Å². The van der Waals surface area contributed by atoms with Crippen molar-refractivity contribution in [2.75, 3.05) is 0 Å². The molecule has 0 spiro atoms. The van der Waals surface area contributed by atoms with Crippen molar-refractivity contribution in [3.05, 3.63) is 335 Å². The van der Waals surface area contributed by atoms with Crippen LogP contribution in [0.15, 0.2) is 266 Å². The predicted octanol–water partition coefficient (Wildman–Crippen LogP) is 23.3. The normalized spacial score (nSPS) is 10.5. The summed E-state index contributed by atoms with van der Waals surface area (Å²) in [7, 11) is 0. The number of aromatic nitrogens is 4. The molecule has 586 valence electrons. The molecule has 12 nitrogen and oxygen atoms in total. The average molecular weight is 2190 g/mol. The maximum absolute atomic E-state index is 10.0. The van der Waals surface area contributed by atoms with E-state index in [2.05, 4.69) is 223 Å². The van der Waals surface area contributed by atoms with Crippen LogP contribution in [0.5, 0.6) is 0 Å². The predicted molar refractivity (Wildman–Crippen MR) is 440 cm³/mol. The van der Waals surface area contributed by atoms with Crippen LogP contribution in [0.25, 0.3) is 89.1 Å². The van der Waals surface area contributed by atoms with Gasteiger partial charge in [0, 0.05) is 117 Å². The molecule has 16 heteroatoms. The van der Waals surface area contributed by atoms with Crippen molar-refractivity contribution < 1.29 is 120 Å². The van der Waals surface area contributed by atoms with Crippen molar-refractivity contribution in [2.24, 2.45) is 5.92 Å². The van der Waals surface area contributed by atoms with E-state index in [0.29, 0.717) is 5.92 Å². The Bertz CT molecular complexity index is 4950. The summed E-state index contributed by atoms with van der Waals surface area (Å²) in [6.45, 7) is 30.7. The number of fused-ring (bicyclic) bond motifs is 2. The van der Waals surface area contributed by atoms with Gasteiger partial charge in [0.25, 0.3) is 0 Å². The second-order valence-corrected chi connectivity index (χ2v) is 26.4. The number of rotatable bonds is 12. The molecule has 0 aliphatic rings. The SMILES string of the molecule is CC(=O)C=C(C)O.CC(=O)C=C(C)O.CC(=O)C=C(C)O.CC(=O)C=C(C)O.Cc1[c-]c(-c2ccc3ccc(CC(C)C)cc3n2)cc(C)c1.Cc1c[c-]c(-c2ccc3ccccc3n2)cc1C.Cc1cc[c-]c(-c2cc(-c3ccccc3)ccn2)c1.Cc1ccc(-c2ccnc(-c3[c-]cccc3)c2)c(C)c1.[Ir].[Ir].[Ir].[Ir]. The standard InChI is InChI=1S/C21H22N.C19H16N.C18H14N.C17H14N.4C5H8O2.4Ir/c1-14(2)9-17-5-6-18-7-8-20(22-21(18)13-17)19-11-15(3)10-16(4)12-19;1-14-8-9-18(15(2)12-14)17-10-11-20-19(13-17)16-6-4-3-5-7-16;1-14-6-5-9-17(12-14)18-13-16(10-11-19-18)15-7-3-2-4-8-15;1-12-7-8-15(11-13(12)2)17-10-9-14-5-3-4-6-16(14)18-17;4*1-4(6)3-5(2)7;;;;/h5-8,10-11,13-14H,9H2,1-4H3;3-6,8-13H,1-2H3;2-8,10-13H,1H3;3-7,9-11H,1-2H3;4*3,6H,1-2H3;;;;/q4*-1;;;;;;;;. The second kappa shape index (κ2) is 51.7. The summed E-state index contributed by atoms with van der Waals surface area (Å²) in [6, 6.07) is 84.1. The summed E-state index contributed by atoms with van der Waals surface area (Å²) in [4.78, 5) is 58.5. The minimum Gasteiger partial charge on any atom is -0.512 e. The second-order valence-electron chi connectivity index (χ2n) is 26.4. The first-order chi connectivity index (χ1) is 50.8. The molecule has 0 bridgehead atoms. The van der Waals surface area contributed by atoms with Gasteiger partial charge in [-0.05, 0) is 173 Å². The number of aliphatic hydroxyl groups excluding tert-OH is 4. The fourth-order valence-electron chi connectivity index (χ4n) is 10.7. The van der Waals surface area contributed by atoms with Gasteiger partial charge < -0.3 is 30.4 Å². The number of aryl methyl sites for hydroxylation is 7. The van der Waals surface area contributed by atoms with Gasteiger partial charge in [-0.2, -0.15) is 0 Å². The van der Waals surface area contributed by atoms with Gasteiger partial charge in [0.15, 0.2) is 23.1 Å². The number of pyridine rings is 4. The number of nitrogens with zero attached hydrogens (tertiary/aromatic N) is 4. The molecule has 111 heavy (non-hydrogen) atoms. The first-order valence-electron chi connectivity index (χ1n) is 35.1. The van der Waals surface area contributed by atoms with E-state index < -0.39 is 0 Å². The zero-order valence-electron chi connectivity index (χ0n) is 65.9. The molecule has 12 rings (SSSR count). The Hall–Kier alpha value is -9.68. The molecule has 0 unspecified atom stereocenters. The third-order valence-electron chi connectivity index (χ3n) is 15.3. The Balaban J connectivity index is 0.000000658. The number of carbonyl (C=O) groups excluding carboxylic acids is 4. The van der Waals surface area contributed by atoms with Gasteiger partial charge in [-0.1, -0.05) is 169 Å². The van der Waals surface area contributed by atoms with Gasteiger partial charge in [0.1, 0.15) is 0 Å². The van der Waals surface area contributed by atoms with Crippen LogP contribution >= 0.6 is 0 Å². The Morgan fingerprint density at radius 3 is 1.37 bits per heavy atom. The molecule has 0 atom stereocenters. The summed E-state index contributed by atoms with van der Waals surface area (Å²) >= 11 is 0. The number of hydrogen-bond acceptors (Lipinski definition) is 12. The smallest absolute Gasteiger partial charge is 0.155 e. The largest absolute Gasteiger partial charge is 0.512 e. The monoisotopic (exact) mass is 2190 g/mol. The minimum atomic E-state index is -0.125. The van der Waals surface area contributed by atoms with Gasteiger partial charge in [0.2, 0.25) is 0 Å². The number of para-hydroxylation sites is 1. The van der Waals surface area contributed by atoms with Crippen LogP contribution in [0.3, 0.4) is 0 Å². The van der Waals surface area contributed by atoms with E-state index in [4.69, 9.17) is 25.4 Å². The van der Waals surface area contributed by atoms with Gasteiger partial charge in [0.05, 0.1) is 34.1 Å². The van der Waals surface area contributed by atoms with Crippen LogP contribution < -0.4 is 0 Å². The Morgan fingerprint density at radius 1 is 0.378 bits per heavy atom. The van der Waals surface area contributed by atoms with Crippen LogP contribution in [0.1, 0.15) is 114 Å². The molecule has 0 fully saturated rings. The molecule has 0 aliphatic carbocycles. The van der Waals surface area contributed by atoms with Crippen LogP contribution in [0.2, 0.25) is 0 Å². The zero-order chi connectivity index (χ0) is 78.7. The molecule has 8 aromatic carbocycles. The molecule has 0 amide bonds. The molecule has 4 radical (unpaired) electrons. The Morgan fingerprint density at radius 2 is 0.856 bits per heavy atom. The number of hydrogen-bond donors (Lipinski definition) is 4. The van der Waals surface area contributed by atoms with E-state index in [-0.39, 0.29) is 127 Å². The molecule has 4 N–H and O–H groups in total. The Labute approximate surface area is 711 Å². The number of carbonyl (C=O) groups is 4. The molecule has 12 aromatic rings. The number of aliphatic hydroxyl groups is 4. The van der Waals surface area contributed by atoms with Crippen LogP contribution in [-0.2, 0) is 106 Å². The molecular weight excluding hydrogens is 2090 g/mol. The quantitative estimate of drug-likeness (QED) is 0.0513. The topological polar surface area (TPSA) is 201 Å². The van der Waals surface area contributed by atoms with Gasteiger partial charge in [-0.25, -0.2) is 0 Å². The van der Waals surface area contributed by atoms with Crippen molar-refractivity contribution in [1.29, 1.82) is 0 Å². The first kappa shape index (κ1) is 99.3. The maximum Gasteiger partial charge on any atom is 0.155 e. The number of ketones is 4. The van der Waals surface area contributed by atoms with Crippen molar-refractivity contribution in [3.63, 3.8) is 0 Å². The van der Waals surface area contributed by atoms with Crippen molar-refractivity contribution >= 4 is 44.9 Å². The third kappa shape index (κ3) is 37.7. The van der Waals surface area contributed by atoms with Crippen molar-refractivity contribution in [2.45, 2.75) is 124 Å². The third-order valence-corrected chi connectivity index (χ3v) is 15.3. The Kier molecular flexibility index (Phi) is 46.3. The van der Waals surface area contributed by atoms with E-state index in [0.717, 1.165) is 68.0 Å². The molecule has 0 saturated carbocycles. The molecule has 0 saturated heterocycles. The van der Waals surface area contributed by atoms with E-state index in [1.54, 1.807) is 0 Å². The fraction of sp³-hybridized carbons (Fsp3) is 0.200. The zero-order valence-corrected chi connectivity index (χ0v) is 75.5. The minimum absolute atomic E-state index is 0. The summed E-state index contributed by atoms with van der Waals surface area (Å²) in [6.07, 6.45) is 9.48.